The van der Waals surface area contributed by atoms with E-state index in [4.69, 9.17) is 9.84 Å². The van der Waals surface area contributed by atoms with Crippen LogP contribution in [-0.4, -0.2) is 62.7 Å². The molecule has 1 unspecified atom stereocenters. The van der Waals surface area contributed by atoms with Crippen molar-refractivity contribution in [2.24, 2.45) is 0 Å². The Morgan fingerprint density at radius 3 is 3.14 bits per heavy atom. The number of halogens is 1. The van der Waals surface area contributed by atoms with Crippen LogP contribution in [0.15, 0.2) is 23.2 Å². The third-order valence-electron chi connectivity index (χ3n) is 3.69. The Kier molecular flexibility index (Phi) is 4.70. The van der Waals surface area contributed by atoms with Crippen molar-refractivity contribution in [3.05, 3.63) is 28.9 Å². The first-order chi connectivity index (χ1) is 10.7. The van der Waals surface area contributed by atoms with E-state index in [-0.39, 0.29) is 18.6 Å². The largest absolute Gasteiger partial charge is 0.394 e. The highest BCUT2D eigenvalue weighted by atomic mass is 79.9. The zero-order valence-electron chi connectivity index (χ0n) is 12.0. The van der Waals surface area contributed by atoms with E-state index in [2.05, 4.69) is 25.9 Å². The molecular weight excluding hydrogens is 352 g/mol. The minimum atomic E-state index is -0.0668. The number of ether oxygens (including phenoxy) is 1. The lowest BCUT2D eigenvalue weighted by Gasteiger charge is -2.32. The van der Waals surface area contributed by atoms with Crippen LogP contribution in [0, 0.1) is 0 Å². The summed E-state index contributed by atoms with van der Waals surface area (Å²) in [6, 6.07) is 0. The van der Waals surface area contributed by atoms with Crippen LogP contribution in [0.1, 0.15) is 23.3 Å². The topological polar surface area (TPSA) is 80.0 Å². The molecule has 22 heavy (non-hydrogen) atoms. The molecule has 1 N–H and O–H groups in total. The molecule has 3 rings (SSSR count). The van der Waals surface area contributed by atoms with Crippen LogP contribution >= 0.6 is 15.9 Å². The number of aromatic nitrogens is 3. The highest BCUT2D eigenvalue weighted by Gasteiger charge is 2.26. The van der Waals surface area contributed by atoms with Gasteiger partial charge in [-0.1, -0.05) is 0 Å². The normalized spacial score (nSPS) is 18.8. The van der Waals surface area contributed by atoms with Gasteiger partial charge in [0.1, 0.15) is 10.3 Å². The fraction of sp³-hybridized carbons (Fsp3) is 0.500. The number of imidazole rings is 1. The van der Waals surface area contributed by atoms with Crippen molar-refractivity contribution < 1.29 is 14.6 Å². The van der Waals surface area contributed by atoms with Gasteiger partial charge in [-0.25, -0.2) is 9.97 Å². The maximum atomic E-state index is 12.7. The standard InChI is InChI=1S/C14H17BrN4O3/c15-12-9-19-11(6-17-13(19)7-16-12)14(21)18-3-1-2-10(8-18)22-5-4-20/h6-7,9-10,20H,1-5,8H2. The average Bonchev–Trinajstić information content (AvgIpc) is 2.95. The van der Waals surface area contributed by atoms with Gasteiger partial charge in [0, 0.05) is 19.3 Å². The summed E-state index contributed by atoms with van der Waals surface area (Å²) in [5.41, 5.74) is 1.15. The molecule has 0 saturated carbocycles. The quantitative estimate of drug-likeness (QED) is 0.873. The number of hydrogen-bond donors (Lipinski definition) is 1. The minimum Gasteiger partial charge on any atom is -0.394 e. The number of hydrogen-bond acceptors (Lipinski definition) is 5. The zero-order valence-corrected chi connectivity index (χ0v) is 13.6. The fourth-order valence-corrected chi connectivity index (χ4v) is 2.97. The van der Waals surface area contributed by atoms with E-state index in [0.717, 1.165) is 12.8 Å². The number of rotatable bonds is 4. The Bertz CT molecular complexity index is 675. The number of aliphatic hydroxyl groups is 1. The van der Waals surface area contributed by atoms with E-state index >= 15 is 0 Å². The molecule has 1 amide bonds. The highest BCUT2D eigenvalue weighted by Crippen LogP contribution is 2.17. The van der Waals surface area contributed by atoms with Crippen LogP contribution in [0.5, 0.6) is 0 Å². The van der Waals surface area contributed by atoms with E-state index in [9.17, 15) is 4.79 Å². The molecule has 1 fully saturated rings. The van der Waals surface area contributed by atoms with Gasteiger partial charge in [0.25, 0.3) is 5.91 Å². The lowest BCUT2D eigenvalue weighted by Crippen LogP contribution is -2.43. The Morgan fingerprint density at radius 2 is 2.32 bits per heavy atom. The smallest absolute Gasteiger partial charge is 0.272 e. The summed E-state index contributed by atoms with van der Waals surface area (Å²) >= 11 is 3.31. The first kappa shape index (κ1) is 15.4. The third kappa shape index (κ3) is 3.13. The summed E-state index contributed by atoms with van der Waals surface area (Å²) in [6.07, 6.45) is 6.71. The molecular formula is C14H17BrN4O3. The second-order valence-electron chi connectivity index (χ2n) is 5.19. The number of amides is 1. The second kappa shape index (κ2) is 6.72. The molecule has 8 heteroatoms. The third-order valence-corrected chi connectivity index (χ3v) is 4.10. The molecule has 0 spiro atoms. The minimum absolute atomic E-state index is 0.00126. The van der Waals surface area contributed by atoms with Crippen molar-refractivity contribution >= 4 is 27.5 Å². The summed E-state index contributed by atoms with van der Waals surface area (Å²) in [7, 11) is 0. The molecule has 2 aromatic rings. The van der Waals surface area contributed by atoms with Crippen molar-refractivity contribution in [1.82, 2.24) is 19.3 Å². The molecule has 3 heterocycles. The number of likely N-dealkylation sites (tertiary alicyclic amines) is 1. The summed E-state index contributed by atoms with van der Waals surface area (Å²) < 4.78 is 7.93. The lowest BCUT2D eigenvalue weighted by atomic mass is 10.1. The lowest BCUT2D eigenvalue weighted by molar-refractivity contribution is -0.0112. The van der Waals surface area contributed by atoms with Gasteiger partial charge in [-0.05, 0) is 28.8 Å². The Balaban J connectivity index is 1.78. The molecule has 2 aromatic heterocycles. The molecule has 0 radical (unpaired) electrons. The van der Waals surface area contributed by atoms with Crippen LogP contribution < -0.4 is 0 Å². The van der Waals surface area contributed by atoms with Crippen LogP contribution in [-0.2, 0) is 4.74 Å². The number of fused-ring (bicyclic) bond motifs is 1. The van der Waals surface area contributed by atoms with Crippen LogP contribution in [0.25, 0.3) is 5.65 Å². The van der Waals surface area contributed by atoms with Crippen molar-refractivity contribution in [3.8, 4) is 0 Å². The summed E-state index contributed by atoms with van der Waals surface area (Å²) in [5.74, 6) is -0.0668. The van der Waals surface area contributed by atoms with Crippen LogP contribution in [0.3, 0.4) is 0 Å². The monoisotopic (exact) mass is 368 g/mol. The average molecular weight is 369 g/mol. The first-order valence-electron chi connectivity index (χ1n) is 7.19. The molecule has 118 valence electrons. The molecule has 1 aliphatic rings. The maximum absolute atomic E-state index is 12.7. The number of aliphatic hydroxyl groups excluding tert-OH is 1. The van der Waals surface area contributed by atoms with Gasteiger partial charge in [-0.3, -0.25) is 9.20 Å². The van der Waals surface area contributed by atoms with Crippen molar-refractivity contribution in [1.29, 1.82) is 0 Å². The molecule has 1 aliphatic heterocycles. The number of carbonyl (C=O) groups excluding carboxylic acids is 1. The van der Waals surface area contributed by atoms with Gasteiger partial charge in [0.15, 0.2) is 5.65 Å². The van der Waals surface area contributed by atoms with Crippen molar-refractivity contribution in [2.45, 2.75) is 18.9 Å². The molecule has 0 aromatic carbocycles. The summed E-state index contributed by atoms with van der Waals surface area (Å²) in [4.78, 5) is 22.8. The van der Waals surface area contributed by atoms with Crippen molar-refractivity contribution in [3.63, 3.8) is 0 Å². The van der Waals surface area contributed by atoms with Crippen molar-refractivity contribution in [2.75, 3.05) is 26.3 Å². The van der Waals surface area contributed by atoms with Gasteiger partial charge in [0.2, 0.25) is 0 Å². The van der Waals surface area contributed by atoms with Crippen LogP contribution in [0.2, 0.25) is 0 Å². The van der Waals surface area contributed by atoms with Gasteiger partial charge < -0.3 is 14.7 Å². The Morgan fingerprint density at radius 1 is 1.45 bits per heavy atom. The number of nitrogens with zero attached hydrogens (tertiary/aromatic N) is 4. The molecule has 0 bridgehead atoms. The van der Waals surface area contributed by atoms with E-state index < -0.39 is 0 Å². The van der Waals surface area contributed by atoms with E-state index in [1.165, 1.54) is 0 Å². The number of piperidine rings is 1. The van der Waals surface area contributed by atoms with Crippen LogP contribution in [0.4, 0.5) is 0 Å². The van der Waals surface area contributed by atoms with E-state index in [1.807, 2.05) is 0 Å². The summed E-state index contributed by atoms with van der Waals surface area (Å²) in [6.45, 7) is 1.55. The van der Waals surface area contributed by atoms with E-state index in [0.29, 0.717) is 35.6 Å². The first-order valence-corrected chi connectivity index (χ1v) is 7.98. The molecule has 1 atom stereocenters. The van der Waals surface area contributed by atoms with Gasteiger partial charge in [-0.2, -0.15) is 0 Å². The second-order valence-corrected chi connectivity index (χ2v) is 6.00. The maximum Gasteiger partial charge on any atom is 0.272 e. The predicted octanol–water partition coefficient (Wildman–Crippen LogP) is 1.11. The molecule has 1 saturated heterocycles. The van der Waals surface area contributed by atoms with Gasteiger partial charge >= 0.3 is 0 Å². The Labute approximate surface area is 136 Å². The summed E-state index contributed by atoms with van der Waals surface area (Å²) in [5, 5.41) is 8.84. The van der Waals surface area contributed by atoms with E-state index in [1.54, 1.807) is 27.9 Å². The van der Waals surface area contributed by atoms with Gasteiger partial charge in [-0.15, -0.1) is 0 Å². The fourth-order valence-electron chi connectivity index (χ4n) is 2.66. The predicted molar refractivity (Wildman–Crippen MR) is 82.7 cm³/mol. The molecule has 0 aliphatic carbocycles. The molecule has 7 nitrogen and oxygen atoms in total. The Hall–Kier alpha value is -1.51. The van der Waals surface area contributed by atoms with Gasteiger partial charge in [0.05, 0.1) is 31.7 Å². The highest BCUT2D eigenvalue weighted by molar-refractivity contribution is 9.10. The zero-order chi connectivity index (χ0) is 15.5. The SMILES string of the molecule is O=C(c1cnc2cnc(Br)cn12)N1CCCC(OCCO)C1. The number of carbonyl (C=O) groups is 1.